The van der Waals surface area contributed by atoms with Crippen molar-refractivity contribution in [3.8, 4) is 0 Å². The Balaban J connectivity index is 1.89. The van der Waals surface area contributed by atoms with Crippen molar-refractivity contribution in [2.45, 2.75) is 36.8 Å². The van der Waals surface area contributed by atoms with Crippen molar-refractivity contribution in [3.05, 3.63) is 39.2 Å². The molecule has 1 aliphatic heterocycles. The lowest BCUT2D eigenvalue weighted by molar-refractivity contribution is 0.0694. The number of benzene rings is 1. The summed E-state index contributed by atoms with van der Waals surface area (Å²) in [6.07, 6.45) is 3.03. The van der Waals surface area contributed by atoms with E-state index in [9.17, 15) is 14.7 Å². The number of pyridine rings is 1. The topological polar surface area (TPSA) is 123 Å². The Morgan fingerprint density at radius 3 is 2.64 bits per heavy atom. The molecule has 0 bridgehead atoms. The molecule has 28 heavy (non-hydrogen) atoms. The fourth-order valence-electron chi connectivity index (χ4n) is 5.14. The Kier molecular flexibility index (Phi) is 3.46. The van der Waals surface area contributed by atoms with E-state index in [2.05, 4.69) is 5.32 Å². The third-order valence-electron chi connectivity index (χ3n) is 6.69. The summed E-state index contributed by atoms with van der Waals surface area (Å²) in [5.41, 5.74) is 9.01. The Morgan fingerprint density at radius 1 is 1.32 bits per heavy atom. The van der Waals surface area contributed by atoms with Crippen LogP contribution in [0.15, 0.2) is 11.0 Å². The van der Waals surface area contributed by atoms with Gasteiger partial charge >= 0.3 is 5.97 Å². The number of halogens is 2. The molecule has 1 saturated heterocycles. The van der Waals surface area contributed by atoms with Crippen LogP contribution in [-0.2, 0) is 5.41 Å². The van der Waals surface area contributed by atoms with Gasteiger partial charge in [-0.2, -0.15) is 0 Å². The number of rotatable bonds is 3. The summed E-state index contributed by atoms with van der Waals surface area (Å²) in [7, 11) is 0. The molecule has 2 aliphatic carbocycles. The zero-order chi connectivity index (χ0) is 20.0. The Hall–Kier alpha value is -2.52. The number of fused-ring (bicyclic) bond motifs is 2. The van der Waals surface area contributed by atoms with Crippen molar-refractivity contribution in [1.82, 2.24) is 9.88 Å². The zero-order valence-corrected chi connectivity index (χ0v) is 15.0. The van der Waals surface area contributed by atoms with Crippen LogP contribution < -0.4 is 22.2 Å². The summed E-state index contributed by atoms with van der Waals surface area (Å²) in [6.45, 7) is 0.941. The number of nitrogen functional groups attached to an aromatic ring is 1. The third-order valence-corrected chi connectivity index (χ3v) is 6.69. The molecule has 1 aromatic carbocycles. The Bertz CT molecular complexity index is 1110. The van der Waals surface area contributed by atoms with Gasteiger partial charge in [0.2, 0.25) is 5.43 Å². The number of aromatic nitrogens is 1. The van der Waals surface area contributed by atoms with E-state index in [1.54, 1.807) is 0 Å². The molecular weight excluding hydrogens is 370 g/mol. The first-order valence-corrected chi connectivity index (χ1v) is 9.33. The first kappa shape index (κ1) is 17.6. The molecular formula is C19H20F2N4O3. The maximum Gasteiger partial charge on any atom is 0.341 e. The molecule has 1 aromatic heterocycles. The van der Waals surface area contributed by atoms with Gasteiger partial charge in [-0.1, -0.05) is 0 Å². The van der Waals surface area contributed by atoms with Crippen LogP contribution in [0.1, 0.15) is 41.2 Å². The van der Waals surface area contributed by atoms with Gasteiger partial charge in [0.05, 0.1) is 16.6 Å². The van der Waals surface area contributed by atoms with Gasteiger partial charge in [-0.15, -0.1) is 0 Å². The molecule has 3 aliphatic rings. The molecule has 9 heteroatoms. The minimum Gasteiger partial charge on any atom is -0.477 e. The summed E-state index contributed by atoms with van der Waals surface area (Å²) in [5, 5.41) is 12.1. The highest BCUT2D eigenvalue weighted by atomic mass is 19.1. The first-order valence-electron chi connectivity index (χ1n) is 9.33. The number of carboxylic acids is 1. The van der Waals surface area contributed by atoms with E-state index in [1.807, 2.05) is 0 Å². The maximum atomic E-state index is 15.8. The van der Waals surface area contributed by atoms with E-state index < -0.39 is 45.1 Å². The van der Waals surface area contributed by atoms with Crippen molar-refractivity contribution in [3.63, 3.8) is 0 Å². The largest absolute Gasteiger partial charge is 0.477 e. The van der Waals surface area contributed by atoms with Crippen LogP contribution in [0.25, 0.3) is 10.9 Å². The first-order chi connectivity index (χ1) is 13.3. The van der Waals surface area contributed by atoms with E-state index in [-0.39, 0.29) is 29.1 Å². The van der Waals surface area contributed by atoms with E-state index in [0.29, 0.717) is 19.5 Å². The monoisotopic (exact) mass is 390 g/mol. The molecule has 6 N–H and O–H groups in total. The number of hydrogen-bond acceptors (Lipinski definition) is 5. The van der Waals surface area contributed by atoms with Crippen LogP contribution in [0.5, 0.6) is 0 Å². The quantitative estimate of drug-likeness (QED) is 0.582. The van der Waals surface area contributed by atoms with E-state index in [0.717, 1.165) is 19.0 Å². The van der Waals surface area contributed by atoms with Gasteiger partial charge in [-0.25, -0.2) is 13.6 Å². The molecule has 5 rings (SSSR count). The highest BCUT2D eigenvalue weighted by molar-refractivity contribution is 5.98. The van der Waals surface area contributed by atoms with Gasteiger partial charge in [0.1, 0.15) is 5.56 Å². The predicted molar refractivity (Wildman–Crippen MR) is 98.4 cm³/mol. The smallest absolute Gasteiger partial charge is 0.341 e. The average molecular weight is 390 g/mol. The SMILES string of the molecule is Nc1c(F)c(C23CNCC2C(N)C3)c(F)c2c1c(=O)c(C(=O)O)cn2C1CC1. The lowest BCUT2D eigenvalue weighted by Crippen LogP contribution is -2.59. The number of aromatic carboxylic acids is 1. The summed E-state index contributed by atoms with van der Waals surface area (Å²) >= 11 is 0. The van der Waals surface area contributed by atoms with E-state index >= 15 is 8.78 Å². The molecule has 3 unspecified atom stereocenters. The number of nitrogens with one attached hydrogen (secondary N) is 1. The van der Waals surface area contributed by atoms with Crippen LogP contribution in [0, 0.1) is 17.6 Å². The third kappa shape index (κ3) is 2.03. The van der Waals surface area contributed by atoms with Crippen molar-refractivity contribution in [2.75, 3.05) is 18.8 Å². The lowest BCUT2D eigenvalue weighted by atomic mass is 9.55. The second-order valence-electron chi connectivity index (χ2n) is 8.22. The van der Waals surface area contributed by atoms with Crippen LogP contribution in [0.3, 0.4) is 0 Å². The number of hydrogen-bond donors (Lipinski definition) is 4. The highest BCUT2D eigenvalue weighted by Crippen LogP contribution is 2.53. The average Bonchev–Trinajstić information content (AvgIpc) is 3.42. The second-order valence-corrected chi connectivity index (χ2v) is 8.22. The number of carbonyl (C=O) groups is 1. The molecule has 3 fully saturated rings. The van der Waals surface area contributed by atoms with Crippen LogP contribution >= 0.6 is 0 Å². The molecule has 2 saturated carbocycles. The van der Waals surface area contributed by atoms with Crippen LogP contribution in [0.4, 0.5) is 14.5 Å². The zero-order valence-electron chi connectivity index (χ0n) is 15.0. The Labute approximate surface area is 158 Å². The maximum absolute atomic E-state index is 15.8. The molecule has 2 heterocycles. The van der Waals surface area contributed by atoms with Gasteiger partial charge < -0.3 is 26.5 Å². The lowest BCUT2D eigenvalue weighted by Gasteiger charge is -2.50. The molecule has 0 radical (unpaired) electrons. The predicted octanol–water partition coefficient (Wildman–Crippen LogP) is 1.08. The van der Waals surface area contributed by atoms with Gasteiger partial charge in [0, 0.05) is 42.3 Å². The number of nitrogens with two attached hydrogens (primary N) is 2. The summed E-state index contributed by atoms with van der Waals surface area (Å²) in [5.74, 6) is -3.38. The second kappa shape index (κ2) is 5.51. The van der Waals surface area contributed by atoms with Crippen molar-refractivity contribution in [1.29, 1.82) is 0 Å². The standard InChI is InChI=1S/C19H20F2N4O3/c20-13-12(19-3-10(22)9(19)4-24-6-19)14(21)16-11(15(13)23)17(26)8(18(27)28)5-25(16)7-1-2-7/h5,7,9-10,24H,1-4,6,22-23H2,(H,27,28). The van der Waals surface area contributed by atoms with Crippen molar-refractivity contribution < 1.29 is 18.7 Å². The minimum absolute atomic E-state index is 0.105. The molecule has 7 nitrogen and oxygen atoms in total. The fraction of sp³-hybridized carbons (Fsp3) is 0.474. The minimum atomic E-state index is -1.45. The number of anilines is 1. The summed E-state index contributed by atoms with van der Waals surface area (Å²) in [6, 6.07) is -0.294. The van der Waals surface area contributed by atoms with Gasteiger partial charge in [-0.05, 0) is 25.2 Å². The normalized spacial score (nSPS) is 29.0. The van der Waals surface area contributed by atoms with Crippen molar-refractivity contribution in [2.24, 2.45) is 11.7 Å². The number of nitrogens with zero attached hydrogens (tertiary/aromatic N) is 1. The molecule has 2 aromatic rings. The van der Waals surface area contributed by atoms with Gasteiger partial charge in [0.15, 0.2) is 11.6 Å². The fourth-order valence-corrected chi connectivity index (χ4v) is 5.14. The number of carboxylic acid groups (broad SMARTS) is 1. The molecule has 148 valence electrons. The van der Waals surface area contributed by atoms with E-state index in [4.69, 9.17) is 11.5 Å². The van der Waals surface area contributed by atoms with Crippen molar-refractivity contribution >= 4 is 22.6 Å². The Morgan fingerprint density at radius 2 is 2.04 bits per heavy atom. The van der Waals surface area contributed by atoms with Crippen LogP contribution in [-0.4, -0.2) is 34.8 Å². The molecule has 0 amide bonds. The van der Waals surface area contributed by atoms with Gasteiger partial charge in [-0.3, -0.25) is 4.79 Å². The summed E-state index contributed by atoms with van der Waals surface area (Å²) in [4.78, 5) is 24.2. The highest BCUT2D eigenvalue weighted by Gasteiger charge is 2.58. The van der Waals surface area contributed by atoms with Crippen LogP contribution in [0.2, 0.25) is 0 Å². The van der Waals surface area contributed by atoms with E-state index in [1.165, 1.54) is 4.57 Å². The molecule has 3 atom stereocenters. The van der Waals surface area contributed by atoms with Gasteiger partial charge in [0.25, 0.3) is 0 Å². The molecule has 0 spiro atoms. The summed E-state index contributed by atoms with van der Waals surface area (Å²) < 4.78 is 32.6.